The van der Waals surface area contributed by atoms with Crippen molar-refractivity contribution >= 4 is 17.8 Å². The molecule has 1 aromatic heterocycles. The van der Waals surface area contributed by atoms with Gasteiger partial charge in [-0.15, -0.1) is 0 Å². The van der Waals surface area contributed by atoms with Crippen molar-refractivity contribution in [2.45, 2.75) is 76.9 Å². The highest BCUT2D eigenvalue weighted by Crippen LogP contribution is 2.41. The Labute approximate surface area is 191 Å². The molecule has 2 amide bonds. The van der Waals surface area contributed by atoms with Crippen molar-refractivity contribution in [1.29, 1.82) is 0 Å². The first kappa shape index (κ1) is 23.2. The number of amides is 2. The van der Waals surface area contributed by atoms with E-state index in [2.05, 4.69) is 27.8 Å². The largest absolute Gasteiger partial charge is 0.446 e. The molecular weight excluding hydrogens is 430 g/mol. The number of nitrogens with zero attached hydrogens (tertiary/aromatic N) is 1. The van der Waals surface area contributed by atoms with Crippen LogP contribution in [0.15, 0.2) is 24.3 Å². The van der Waals surface area contributed by atoms with E-state index in [9.17, 15) is 18.4 Å². The molecule has 0 atom stereocenters. The molecule has 0 aliphatic heterocycles. The van der Waals surface area contributed by atoms with Gasteiger partial charge in [0.15, 0.2) is 5.82 Å². The van der Waals surface area contributed by atoms with E-state index in [1.807, 2.05) is 6.07 Å². The van der Waals surface area contributed by atoms with Crippen LogP contribution in [0.3, 0.4) is 0 Å². The van der Waals surface area contributed by atoms with E-state index in [1.165, 1.54) is 12.5 Å². The number of benzene rings is 1. The smallest absolute Gasteiger partial charge is 0.407 e. The van der Waals surface area contributed by atoms with Gasteiger partial charge in [0.05, 0.1) is 6.54 Å². The molecule has 0 bridgehead atoms. The van der Waals surface area contributed by atoms with Gasteiger partial charge < -0.3 is 15.4 Å². The van der Waals surface area contributed by atoms with Crippen molar-refractivity contribution in [3.8, 4) is 0 Å². The molecule has 0 unspecified atom stereocenters. The summed E-state index contributed by atoms with van der Waals surface area (Å²) in [5, 5.41) is 12.6. The van der Waals surface area contributed by atoms with Crippen LogP contribution in [0.2, 0.25) is 0 Å². The predicted octanol–water partition coefficient (Wildman–Crippen LogP) is 5.16. The number of halogens is 2. The number of aromatic nitrogens is 2. The monoisotopic (exact) mass is 460 g/mol. The summed E-state index contributed by atoms with van der Waals surface area (Å²) in [5.74, 6) is -0.730. The first-order chi connectivity index (χ1) is 15.9. The number of carbonyl (C=O) groups excluding carboxylic acids is 2. The maximum absolute atomic E-state index is 13.6. The molecule has 4 rings (SSSR count). The molecule has 1 aromatic carbocycles. The highest BCUT2D eigenvalue weighted by molar-refractivity contribution is 5.94. The van der Waals surface area contributed by atoms with Gasteiger partial charge >= 0.3 is 6.09 Å². The lowest BCUT2D eigenvalue weighted by molar-refractivity contribution is -0.127. The number of aromatic amines is 1. The van der Waals surface area contributed by atoms with Crippen LogP contribution in [-0.2, 0) is 16.1 Å². The second kappa shape index (κ2) is 9.89. The van der Waals surface area contributed by atoms with Crippen molar-refractivity contribution < 1.29 is 23.1 Å². The molecule has 3 N–H and O–H groups in total. The van der Waals surface area contributed by atoms with Gasteiger partial charge in [0, 0.05) is 28.7 Å². The second-order valence-corrected chi connectivity index (χ2v) is 9.11. The van der Waals surface area contributed by atoms with Crippen LogP contribution in [0.5, 0.6) is 0 Å². The quantitative estimate of drug-likeness (QED) is 0.532. The Morgan fingerprint density at radius 2 is 1.88 bits per heavy atom. The summed E-state index contributed by atoms with van der Waals surface area (Å²) in [6.45, 7) is 1.79. The van der Waals surface area contributed by atoms with Crippen LogP contribution < -0.4 is 10.6 Å². The normalized spacial score (nSPS) is 21.7. The van der Waals surface area contributed by atoms with E-state index >= 15 is 0 Å². The molecule has 2 aliphatic carbocycles. The Bertz CT molecular complexity index is 977. The molecular formula is C24H30F2N4O3. The Balaban J connectivity index is 1.23. The molecule has 2 aliphatic rings. The maximum atomic E-state index is 13.6. The fraction of sp³-hybridized carbons (Fsp3) is 0.542. The number of hydrogen-bond donors (Lipinski definition) is 3. The third-order valence-electron chi connectivity index (χ3n) is 7.09. The minimum atomic E-state index is -0.713. The highest BCUT2D eigenvalue weighted by atomic mass is 19.1. The van der Waals surface area contributed by atoms with Crippen LogP contribution in [0.1, 0.15) is 75.5 Å². The summed E-state index contributed by atoms with van der Waals surface area (Å²) in [6, 6.07) is 5.39. The molecule has 2 aromatic rings. The van der Waals surface area contributed by atoms with Crippen LogP contribution in [0, 0.1) is 17.0 Å². The van der Waals surface area contributed by atoms with E-state index in [0.29, 0.717) is 18.7 Å². The zero-order chi connectivity index (χ0) is 23.4. The van der Waals surface area contributed by atoms with Gasteiger partial charge in [-0.25, -0.2) is 13.6 Å². The Morgan fingerprint density at radius 1 is 1.18 bits per heavy atom. The van der Waals surface area contributed by atoms with Gasteiger partial charge in [-0.1, -0.05) is 32.3 Å². The molecule has 2 saturated carbocycles. The van der Waals surface area contributed by atoms with Crippen molar-refractivity contribution in [2.24, 2.45) is 5.41 Å². The minimum absolute atomic E-state index is 0.0422. The average molecular weight is 461 g/mol. The Hall–Kier alpha value is -2.97. The third-order valence-corrected chi connectivity index (χ3v) is 7.09. The standard InChI is InChI=1S/C24H30F2N4O3/c1-2-24(9-4-3-5-10-24)22(31)28-21-13-20(29-30-21)15-11-16(12-15)33-23(32)27-14-17-18(25)7-6-8-19(17)26/h6-8,13,15-16H,2-5,9-12,14H2,1H3,(H,27,32)(H2,28,29,30,31). The van der Waals surface area contributed by atoms with Crippen molar-refractivity contribution in [3.05, 3.63) is 47.2 Å². The van der Waals surface area contributed by atoms with Gasteiger partial charge in [-0.2, -0.15) is 5.10 Å². The van der Waals surface area contributed by atoms with Crippen LogP contribution >= 0.6 is 0 Å². The molecule has 178 valence electrons. The van der Waals surface area contributed by atoms with E-state index in [4.69, 9.17) is 4.74 Å². The number of rotatable bonds is 7. The van der Waals surface area contributed by atoms with E-state index in [-0.39, 0.29) is 35.5 Å². The SMILES string of the molecule is CCC1(C(=O)Nc2cc(C3CC(OC(=O)NCc4c(F)cccc4F)C3)[nH]n2)CCCCC1. The fourth-order valence-corrected chi connectivity index (χ4v) is 4.80. The number of alkyl carbamates (subject to hydrolysis) is 1. The number of anilines is 1. The first-order valence-corrected chi connectivity index (χ1v) is 11.6. The molecule has 1 heterocycles. The highest BCUT2D eigenvalue weighted by Gasteiger charge is 2.38. The molecule has 0 saturated heterocycles. The molecule has 2 fully saturated rings. The summed E-state index contributed by atoms with van der Waals surface area (Å²) in [6.07, 6.45) is 6.22. The van der Waals surface area contributed by atoms with Crippen LogP contribution in [0.4, 0.5) is 19.4 Å². The van der Waals surface area contributed by atoms with Crippen molar-refractivity contribution in [2.75, 3.05) is 5.32 Å². The number of ether oxygens (including phenoxy) is 1. The van der Waals surface area contributed by atoms with Gasteiger partial charge in [0.2, 0.25) is 5.91 Å². The van der Waals surface area contributed by atoms with Gasteiger partial charge in [-0.05, 0) is 44.2 Å². The van der Waals surface area contributed by atoms with E-state index in [0.717, 1.165) is 49.9 Å². The average Bonchev–Trinajstić information content (AvgIpc) is 3.23. The Kier molecular flexibility index (Phi) is 6.95. The van der Waals surface area contributed by atoms with Gasteiger partial charge in [-0.3, -0.25) is 9.89 Å². The molecule has 7 nitrogen and oxygen atoms in total. The fourth-order valence-electron chi connectivity index (χ4n) is 4.80. The van der Waals surface area contributed by atoms with Gasteiger partial charge in [0.1, 0.15) is 17.7 Å². The zero-order valence-electron chi connectivity index (χ0n) is 18.8. The number of nitrogens with one attached hydrogen (secondary N) is 3. The predicted molar refractivity (Wildman–Crippen MR) is 118 cm³/mol. The number of hydrogen-bond acceptors (Lipinski definition) is 4. The number of H-pyrrole nitrogens is 1. The molecule has 33 heavy (non-hydrogen) atoms. The molecule has 0 spiro atoms. The summed E-state index contributed by atoms with van der Waals surface area (Å²) in [4.78, 5) is 24.9. The minimum Gasteiger partial charge on any atom is -0.446 e. The maximum Gasteiger partial charge on any atom is 0.407 e. The lowest BCUT2D eigenvalue weighted by Gasteiger charge is -2.34. The lowest BCUT2D eigenvalue weighted by atomic mass is 9.71. The topological polar surface area (TPSA) is 96.1 Å². The van der Waals surface area contributed by atoms with Crippen LogP contribution in [0.25, 0.3) is 0 Å². The summed E-state index contributed by atoms with van der Waals surface area (Å²) < 4.78 is 32.6. The van der Waals surface area contributed by atoms with Crippen molar-refractivity contribution in [1.82, 2.24) is 15.5 Å². The summed E-state index contributed by atoms with van der Waals surface area (Å²) >= 11 is 0. The summed E-state index contributed by atoms with van der Waals surface area (Å²) in [7, 11) is 0. The summed E-state index contributed by atoms with van der Waals surface area (Å²) in [5.41, 5.74) is 0.380. The van der Waals surface area contributed by atoms with E-state index in [1.54, 1.807) is 0 Å². The second-order valence-electron chi connectivity index (χ2n) is 9.11. The van der Waals surface area contributed by atoms with Gasteiger partial charge in [0.25, 0.3) is 0 Å². The zero-order valence-corrected chi connectivity index (χ0v) is 18.8. The third kappa shape index (κ3) is 5.17. The lowest BCUT2D eigenvalue weighted by Crippen LogP contribution is -2.37. The van der Waals surface area contributed by atoms with Crippen molar-refractivity contribution in [3.63, 3.8) is 0 Å². The number of carbonyl (C=O) groups is 2. The van der Waals surface area contributed by atoms with Crippen LogP contribution in [-0.4, -0.2) is 28.3 Å². The first-order valence-electron chi connectivity index (χ1n) is 11.6. The van der Waals surface area contributed by atoms with E-state index < -0.39 is 17.7 Å². The molecule has 0 radical (unpaired) electrons. The Morgan fingerprint density at radius 3 is 2.55 bits per heavy atom. The molecule has 9 heteroatoms.